The summed E-state index contributed by atoms with van der Waals surface area (Å²) in [5.74, 6) is 1.18. The molecule has 0 aliphatic carbocycles. The van der Waals surface area contributed by atoms with Crippen molar-refractivity contribution in [2.75, 3.05) is 18.5 Å². The molecule has 0 aromatic carbocycles. The molecule has 1 unspecified atom stereocenters. The van der Waals surface area contributed by atoms with E-state index in [-0.39, 0.29) is 5.38 Å². The van der Waals surface area contributed by atoms with Gasteiger partial charge in [0.1, 0.15) is 0 Å². The highest BCUT2D eigenvalue weighted by Crippen LogP contribution is 2.13. The first-order valence-electron chi connectivity index (χ1n) is 6.02. The molecule has 0 aliphatic heterocycles. The van der Waals surface area contributed by atoms with Crippen LogP contribution < -0.4 is 10.1 Å². The topological polar surface area (TPSA) is 47.0 Å². The van der Waals surface area contributed by atoms with E-state index >= 15 is 0 Å². The summed E-state index contributed by atoms with van der Waals surface area (Å²) in [6.45, 7) is 7.24. The summed E-state index contributed by atoms with van der Waals surface area (Å²) < 4.78 is 5.36. The second-order valence-electron chi connectivity index (χ2n) is 3.87. The standard InChI is InChI=1S/C12H20ClN3O/c1-4-6-10(13)8-14-12-15-9(3)7-11(16-12)17-5-2/h7,10H,4-6,8H2,1-3H3,(H,14,15,16). The van der Waals surface area contributed by atoms with Crippen LogP contribution in [0.5, 0.6) is 5.88 Å². The second-order valence-corrected chi connectivity index (χ2v) is 4.49. The summed E-state index contributed by atoms with van der Waals surface area (Å²) in [5.41, 5.74) is 0.882. The predicted molar refractivity (Wildman–Crippen MR) is 71.0 cm³/mol. The van der Waals surface area contributed by atoms with E-state index in [0.717, 1.165) is 18.5 Å². The number of alkyl halides is 1. The van der Waals surface area contributed by atoms with Gasteiger partial charge in [-0.15, -0.1) is 11.6 Å². The molecular weight excluding hydrogens is 238 g/mol. The lowest BCUT2D eigenvalue weighted by molar-refractivity contribution is 0.326. The van der Waals surface area contributed by atoms with Gasteiger partial charge in [0.15, 0.2) is 0 Å². The molecule has 1 N–H and O–H groups in total. The van der Waals surface area contributed by atoms with E-state index in [4.69, 9.17) is 16.3 Å². The fourth-order valence-electron chi connectivity index (χ4n) is 1.46. The Hall–Kier alpha value is -1.03. The largest absolute Gasteiger partial charge is 0.478 e. The van der Waals surface area contributed by atoms with E-state index in [0.29, 0.717) is 25.0 Å². The van der Waals surface area contributed by atoms with Crippen molar-refractivity contribution < 1.29 is 4.74 Å². The third-order valence-corrected chi connectivity index (χ3v) is 2.58. The minimum atomic E-state index is 0.111. The van der Waals surface area contributed by atoms with Crippen molar-refractivity contribution in [1.82, 2.24) is 9.97 Å². The molecule has 1 rings (SSSR count). The molecule has 0 saturated heterocycles. The Labute approximate surface area is 108 Å². The number of halogens is 1. The first-order valence-corrected chi connectivity index (χ1v) is 6.45. The van der Waals surface area contributed by atoms with Gasteiger partial charge in [0.2, 0.25) is 11.8 Å². The molecule has 0 fully saturated rings. The van der Waals surface area contributed by atoms with Crippen LogP contribution in [-0.4, -0.2) is 28.5 Å². The van der Waals surface area contributed by atoms with Crippen LogP contribution in [0.3, 0.4) is 0 Å². The molecule has 96 valence electrons. The van der Waals surface area contributed by atoms with Gasteiger partial charge in [0.25, 0.3) is 0 Å². The van der Waals surface area contributed by atoms with Gasteiger partial charge in [-0.1, -0.05) is 13.3 Å². The molecule has 0 saturated carbocycles. The molecular formula is C12H20ClN3O. The average molecular weight is 258 g/mol. The quantitative estimate of drug-likeness (QED) is 0.763. The van der Waals surface area contributed by atoms with Crippen LogP contribution in [0.4, 0.5) is 5.95 Å². The van der Waals surface area contributed by atoms with Gasteiger partial charge < -0.3 is 10.1 Å². The van der Waals surface area contributed by atoms with Gasteiger partial charge in [0.05, 0.1) is 12.0 Å². The van der Waals surface area contributed by atoms with Gasteiger partial charge in [-0.25, -0.2) is 4.98 Å². The normalized spacial score (nSPS) is 12.2. The van der Waals surface area contributed by atoms with Gasteiger partial charge >= 0.3 is 0 Å². The van der Waals surface area contributed by atoms with Gasteiger partial charge in [-0.3, -0.25) is 0 Å². The maximum absolute atomic E-state index is 6.12. The summed E-state index contributed by atoms with van der Waals surface area (Å²) in [6.07, 6.45) is 2.06. The maximum atomic E-state index is 6.12. The first-order chi connectivity index (χ1) is 8.15. The van der Waals surface area contributed by atoms with Crippen molar-refractivity contribution in [3.05, 3.63) is 11.8 Å². The van der Waals surface area contributed by atoms with Gasteiger partial charge in [-0.05, 0) is 20.3 Å². The average Bonchev–Trinajstić information content (AvgIpc) is 2.26. The third-order valence-electron chi connectivity index (χ3n) is 2.21. The minimum absolute atomic E-state index is 0.111. The number of aryl methyl sites for hydroxylation is 1. The Morgan fingerprint density at radius 2 is 2.18 bits per heavy atom. The highest BCUT2D eigenvalue weighted by atomic mass is 35.5. The molecule has 0 aliphatic rings. The first kappa shape index (κ1) is 14.0. The van der Waals surface area contributed by atoms with Crippen molar-refractivity contribution >= 4 is 17.5 Å². The summed E-state index contributed by atoms with van der Waals surface area (Å²) in [5, 5.41) is 3.25. The summed E-state index contributed by atoms with van der Waals surface area (Å²) in [6, 6.07) is 1.82. The molecule has 0 amide bonds. The van der Waals surface area contributed by atoms with Crippen LogP contribution >= 0.6 is 11.6 Å². The van der Waals surface area contributed by atoms with Gasteiger partial charge in [0, 0.05) is 18.3 Å². The second kappa shape index (κ2) is 7.33. The Balaban J connectivity index is 2.57. The fraction of sp³-hybridized carbons (Fsp3) is 0.667. The monoisotopic (exact) mass is 257 g/mol. The predicted octanol–water partition coefficient (Wildman–Crippen LogP) is 3.00. The Bertz CT molecular complexity index is 347. The third kappa shape index (κ3) is 5.22. The van der Waals surface area contributed by atoms with Gasteiger partial charge in [-0.2, -0.15) is 4.98 Å². The Morgan fingerprint density at radius 3 is 2.82 bits per heavy atom. The van der Waals surface area contributed by atoms with Crippen molar-refractivity contribution in [3.63, 3.8) is 0 Å². The molecule has 0 bridgehead atoms. The number of hydrogen-bond donors (Lipinski definition) is 1. The van der Waals surface area contributed by atoms with E-state index < -0.39 is 0 Å². The zero-order chi connectivity index (χ0) is 12.7. The van der Waals surface area contributed by atoms with E-state index in [1.54, 1.807) is 0 Å². The maximum Gasteiger partial charge on any atom is 0.226 e. The Kier molecular flexibility index (Phi) is 6.05. The van der Waals surface area contributed by atoms with Crippen LogP contribution in [0.1, 0.15) is 32.4 Å². The van der Waals surface area contributed by atoms with E-state index in [1.807, 2.05) is 19.9 Å². The van der Waals surface area contributed by atoms with Crippen molar-refractivity contribution in [2.24, 2.45) is 0 Å². The molecule has 1 aromatic heterocycles. The van der Waals surface area contributed by atoms with E-state index in [2.05, 4.69) is 22.2 Å². The number of nitrogens with zero attached hydrogens (tertiary/aromatic N) is 2. The summed E-state index contributed by atoms with van der Waals surface area (Å²) in [4.78, 5) is 8.54. The minimum Gasteiger partial charge on any atom is -0.478 e. The highest BCUT2D eigenvalue weighted by molar-refractivity contribution is 6.20. The van der Waals surface area contributed by atoms with Crippen LogP contribution in [0.2, 0.25) is 0 Å². The molecule has 1 aromatic rings. The van der Waals surface area contributed by atoms with Crippen molar-refractivity contribution in [3.8, 4) is 5.88 Å². The lowest BCUT2D eigenvalue weighted by Crippen LogP contribution is -2.16. The number of ether oxygens (including phenoxy) is 1. The molecule has 1 heterocycles. The smallest absolute Gasteiger partial charge is 0.226 e. The number of nitrogens with one attached hydrogen (secondary N) is 1. The lowest BCUT2D eigenvalue weighted by Gasteiger charge is -2.11. The van der Waals surface area contributed by atoms with Crippen LogP contribution in [0.15, 0.2) is 6.07 Å². The number of aromatic nitrogens is 2. The summed E-state index contributed by atoms with van der Waals surface area (Å²) >= 11 is 6.12. The van der Waals surface area contributed by atoms with Crippen LogP contribution in [-0.2, 0) is 0 Å². The zero-order valence-corrected chi connectivity index (χ0v) is 11.4. The summed E-state index contributed by atoms with van der Waals surface area (Å²) in [7, 11) is 0. The number of rotatable bonds is 7. The molecule has 4 nitrogen and oxygen atoms in total. The number of hydrogen-bond acceptors (Lipinski definition) is 4. The Morgan fingerprint density at radius 1 is 1.41 bits per heavy atom. The van der Waals surface area contributed by atoms with Crippen LogP contribution in [0, 0.1) is 6.92 Å². The van der Waals surface area contributed by atoms with Crippen LogP contribution in [0.25, 0.3) is 0 Å². The SMILES string of the molecule is CCCC(Cl)CNc1nc(C)cc(OCC)n1. The van der Waals surface area contributed by atoms with Crippen molar-refractivity contribution in [1.29, 1.82) is 0 Å². The number of anilines is 1. The fourth-order valence-corrected chi connectivity index (χ4v) is 1.75. The van der Waals surface area contributed by atoms with Crippen molar-refractivity contribution in [2.45, 2.75) is 39.0 Å². The molecule has 0 radical (unpaired) electrons. The lowest BCUT2D eigenvalue weighted by atomic mass is 10.2. The molecule has 1 atom stereocenters. The zero-order valence-electron chi connectivity index (χ0n) is 10.7. The highest BCUT2D eigenvalue weighted by Gasteiger charge is 2.06. The molecule has 5 heteroatoms. The molecule has 17 heavy (non-hydrogen) atoms. The van der Waals surface area contributed by atoms with E-state index in [1.165, 1.54) is 0 Å². The molecule has 0 spiro atoms. The van der Waals surface area contributed by atoms with E-state index in [9.17, 15) is 0 Å².